The maximum absolute atomic E-state index is 10.7. The minimum absolute atomic E-state index is 0.0450. The summed E-state index contributed by atoms with van der Waals surface area (Å²) in [4.78, 5) is 10.7. The Balaban J connectivity index is 2.95. The molecule has 0 heterocycles. The highest BCUT2D eigenvalue weighted by atomic mass is 16.1. The Morgan fingerprint density at radius 3 is 2.42 bits per heavy atom. The summed E-state index contributed by atoms with van der Waals surface area (Å²) in [5.74, 6) is 0.0450. The summed E-state index contributed by atoms with van der Waals surface area (Å²) in [5.41, 5.74) is 0. The third-order valence-electron chi connectivity index (χ3n) is 1.59. The van der Waals surface area contributed by atoms with Crippen molar-refractivity contribution in [3.05, 3.63) is 0 Å². The van der Waals surface area contributed by atoms with Crippen LogP contribution in [0.3, 0.4) is 0 Å². The molecule has 4 heteroatoms. The predicted octanol–water partition coefficient (Wildman–Crippen LogP) is -0.678. The van der Waals surface area contributed by atoms with Crippen LogP contribution in [0.2, 0.25) is 0 Å². The molecule has 0 atom stereocenters. The van der Waals surface area contributed by atoms with Crippen molar-refractivity contribution in [2.24, 2.45) is 0 Å². The molecule has 72 valence electrons. The quantitative estimate of drug-likeness (QED) is 0.447. The molecular formula is C8H19N3O. The van der Waals surface area contributed by atoms with Crippen molar-refractivity contribution < 1.29 is 4.79 Å². The maximum Gasteiger partial charge on any atom is 0.233 e. The first-order valence-corrected chi connectivity index (χ1v) is 4.37. The zero-order valence-corrected chi connectivity index (χ0v) is 7.94. The van der Waals surface area contributed by atoms with Gasteiger partial charge in [-0.25, -0.2) is 0 Å². The number of unbranched alkanes of at least 4 members (excludes halogenated alkanes) is 1. The first-order chi connectivity index (χ1) is 5.81. The van der Waals surface area contributed by atoms with Crippen LogP contribution in [0.1, 0.15) is 12.8 Å². The molecule has 0 spiro atoms. The van der Waals surface area contributed by atoms with E-state index in [-0.39, 0.29) is 5.91 Å². The van der Waals surface area contributed by atoms with Crippen LogP contribution in [0.25, 0.3) is 0 Å². The standard InChI is InChI=1S/C8H19N3O/c1-9-5-3-4-6-11-7-8(12)10-2/h9,11H,3-7H2,1-2H3,(H,10,12). The fourth-order valence-corrected chi connectivity index (χ4v) is 0.842. The third-order valence-corrected chi connectivity index (χ3v) is 1.59. The van der Waals surface area contributed by atoms with E-state index in [0.717, 1.165) is 25.9 Å². The summed E-state index contributed by atoms with van der Waals surface area (Å²) in [6, 6.07) is 0. The lowest BCUT2D eigenvalue weighted by atomic mass is 10.3. The minimum atomic E-state index is 0.0450. The van der Waals surface area contributed by atoms with Gasteiger partial charge in [-0.05, 0) is 33.0 Å². The van der Waals surface area contributed by atoms with Crippen LogP contribution in [-0.2, 0) is 4.79 Å². The normalized spacial score (nSPS) is 9.83. The van der Waals surface area contributed by atoms with E-state index < -0.39 is 0 Å². The van der Waals surface area contributed by atoms with E-state index in [4.69, 9.17) is 0 Å². The van der Waals surface area contributed by atoms with Crippen LogP contribution in [0.5, 0.6) is 0 Å². The molecule has 0 rings (SSSR count). The molecule has 0 fully saturated rings. The van der Waals surface area contributed by atoms with Gasteiger partial charge in [-0.15, -0.1) is 0 Å². The Morgan fingerprint density at radius 1 is 1.17 bits per heavy atom. The van der Waals surface area contributed by atoms with Gasteiger partial charge in [0.15, 0.2) is 0 Å². The smallest absolute Gasteiger partial charge is 0.233 e. The van der Waals surface area contributed by atoms with Gasteiger partial charge in [-0.1, -0.05) is 0 Å². The summed E-state index contributed by atoms with van der Waals surface area (Å²) in [7, 11) is 3.59. The van der Waals surface area contributed by atoms with Gasteiger partial charge in [0.25, 0.3) is 0 Å². The largest absolute Gasteiger partial charge is 0.358 e. The van der Waals surface area contributed by atoms with Crippen LogP contribution < -0.4 is 16.0 Å². The van der Waals surface area contributed by atoms with Crippen LogP contribution >= 0.6 is 0 Å². The third kappa shape index (κ3) is 7.50. The van der Waals surface area contributed by atoms with E-state index >= 15 is 0 Å². The molecular weight excluding hydrogens is 154 g/mol. The number of hydrogen-bond acceptors (Lipinski definition) is 3. The van der Waals surface area contributed by atoms with Crippen LogP contribution in [0.4, 0.5) is 0 Å². The first kappa shape index (κ1) is 11.4. The lowest BCUT2D eigenvalue weighted by Crippen LogP contribution is -2.32. The van der Waals surface area contributed by atoms with Crippen molar-refractivity contribution in [1.82, 2.24) is 16.0 Å². The molecule has 0 saturated heterocycles. The second kappa shape index (κ2) is 8.49. The first-order valence-electron chi connectivity index (χ1n) is 4.37. The molecule has 0 aromatic heterocycles. The van der Waals surface area contributed by atoms with Crippen molar-refractivity contribution in [2.75, 3.05) is 33.7 Å². The fourth-order valence-electron chi connectivity index (χ4n) is 0.842. The highest BCUT2D eigenvalue weighted by Gasteiger charge is 1.94. The van der Waals surface area contributed by atoms with Gasteiger partial charge in [-0.3, -0.25) is 4.79 Å². The topological polar surface area (TPSA) is 53.2 Å². The van der Waals surface area contributed by atoms with Crippen LogP contribution in [-0.4, -0.2) is 39.6 Å². The second-order valence-electron chi connectivity index (χ2n) is 2.66. The number of carbonyl (C=O) groups excluding carboxylic acids is 1. The maximum atomic E-state index is 10.7. The lowest BCUT2D eigenvalue weighted by Gasteiger charge is -2.02. The lowest BCUT2D eigenvalue weighted by molar-refractivity contribution is -0.119. The van der Waals surface area contributed by atoms with Gasteiger partial charge in [0.1, 0.15) is 0 Å². The number of nitrogens with one attached hydrogen (secondary N) is 3. The fraction of sp³-hybridized carbons (Fsp3) is 0.875. The molecule has 12 heavy (non-hydrogen) atoms. The molecule has 0 aromatic rings. The van der Waals surface area contributed by atoms with E-state index in [1.165, 1.54) is 0 Å². The Morgan fingerprint density at radius 2 is 1.83 bits per heavy atom. The molecule has 3 N–H and O–H groups in total. The van der Waals surface area contributed by atoms with Crippen LogP contribution in [0.15, 0.2) is 0 Å². The van der Waals surface area contributed by atoms with Gasteiger partial charge in [0.2, 0.25) is 5.91 Å². The molecule has 0 aromatic carbocycles. The highest BCUT2D eigenvalue weighted by molar-refractivity contribution is 5.77. The van der Waals surface area contributed by atoms with Crippen LogP contribution in [0, 0.1) is 0 Å². The van der Waals surface area contributed by atoms with Gasteiger partial charge in [0, 0.05) is 7.05 Å². The molecule has 0 unspecified atom stereocenters. The Hall–Kier alpha value is -0.610. The second-order valence-corrected chi connectivity index (χ2v) is 2.66. The average molecular weight is 173 g/mol. The molecule has 0 aliphatic carbocycles. The predicted molar refractivity (Wildman–Crippen MR) is 50.1 cm³/mol. The summed E-state index contributed by atoms with van der Waals surface area (Å²) in [5, 5.41) is 8.68. The summed E-state index contributed by atoms with van der Waals surface area (Å²) >= 11 is 0. The van der Waals surface area contributed by atoms with Gasteiger partial charge in [-0.2, -0.15) is 0 Å². The molecule has 0 saturated carbocycles. The SMILES string of the molecule is CNCCCCNCC(=O)NC. The van der Waals surface area contributed by atoms with E-state index in [0.29, 0.717) is 6.54 Å². The molecule has 1 amide bonds. The zero-order chi connectivity index (χ0) is 9.23. The van der Waals surface area contributed by atoms with E-state index in [2.05, 4.69) is 16.0 Å². The van der Waals surface area contributed by atoms with Gasteiger partial charge >= 0.3 is 0 Å². The number of amides is 1. The number of likely N-dealkylation sites (N-methyl/N-ethyl adjacent to an activating group) is 1. The number of carbonyl (C=O) groups is 1. The number of hydrogen-bond donors (Lipinski definition) is 3. The molecule has 0 radical (unpaired) electrons. The van der Waals surface area contributed by atoms with Crippen molar-refractivity contribution >= 4 is 5.91 Å². The van der Waals surface area contributed by atoms with Crippen molar-refractivity contribution in [2.45, 2.75) is 12.8 Å². The van der Waals surface area contributed by atoms with E-state index in [9.17, 15) is 4.79 Å². The van der Waals surface area contributed by atoms with Gasteiger partial charge in [0.05, 0.1) is 6.54 Å². The highest BCUT2D eigenvalue weighted by Crippen LogP contribution is 1.82. The zero-order valence-electron chi connectivity index (χ0n) is 7.94. The Bertz CT molecular complexity index is 117. The van der Waals surface area contributed by atoms with Gasteiger partial charge < -0.3 is 16.0 Å². The Labute approximate surface area is 74.1 Å². The molecule has 0 bridgehead atoms. The average Bonchev–Trinajstić information content (AvgIpc) is 2.10. The van der Waals surface area contributed by atoms with Crippen molar-refractivity contribution in [3.63, 3.8) is 0 Å². The van der Waals surface area contributed by atoms with E-state index in [1.54, 1.807) is 7.05 Å². The molecule has 0 aliphatic rings. The summed E-state index contributed by atoms with van der Waals surface area (Å²) in [6.45, 7) is 2.38. The Kier molecular flexibility index (Phi) is 8.05. The monoisotopic (exact) mass is 173 g/mol. The van der Waals surface area contributed by atoms with Crippen molar-refractivity contribution in [3.8, 4) is 0 Å². The van der Waals surface area contributed by atoms with Crippen molar-refractivity contribution in [1.29, 1.82) is 0 Å². The van der Waals surface area contributed by atoms with E-state index in [1.807, 2.05) is 7.05 Å². The number of rotatable bonds is 7. The summed E-state index contributed by atoms with van der Waals surface area (Å²) in [6.07, 6.45) is 2.26. The molecule has 4 nitrogen and oxygen atoms in total. The summed E-state index contributed by atoms with van der Waals surface area (Å²) < 4.78 is 0. The minimum Gasteiger partial charge on any atom is -0.358 e. The molecule has 0 aliphatic heterocycles.